The monoisotopic (exact) mass is 285 g/mol. The number of nitrogen functional groups attached to an aromatic ring is 1. The van der Waals surface area contributed by atoms with Gasteiger partial charge in [-0.15, -0.1) is 0 Å². The zero-order valence-electron chi connectivity index (χ0n) is 11.2. The van der Waals surface area contributed by atoms with Gasteiger partial charge in [0.1, 0.15) is 5.69 Å². The Balaban J connectivity index is 2.04. The SMILES string of the molecule is Nc1ccc(C(=O)NCc2ccccc2CC(=O)O)nc1. The van der Waals surface area contributed by atoms with E-state index >= 15 is 0 Å². The molecule has 0 radical (unpaired) electrons. The lowest BCUT2D eigenvalue weighted by Crippen LogP contribution is -2.24. The van der Waals surface area contributed by atoms with Crippen LogP contribution < -0.4 is 11.1 Å². The van der Waals surface area contributed by atoms with Crippen LogP contribution >= 0.6 is 0 Å². The predicted octanol–water partition coefficient (Wildman–Crippen LogP) is 1.22. The number of aliphatic carboxylic acids is 1. The molecule has 6 heteroatoms. The first-order valence-corrected chi connectivity index (χ1v) is 6.34. The summed E-state index contributed by atoms with van der Waals surface area (Å²) in [5, 5.41) is 11.6. The first kappa shape index (κ1) is 14.5. The highest BCUT2D eigenvalue weighted by Gasteiger charge is 2.09. The van der Waals surface area contributed by atoms with Crippen molar-refractivity contribution in [3.8, 4) is 0 Å². The lowest BCUT2D eigenvalue weighted by molar-refractivity contribution is -0.136. The van der Waals surface area contributed by atoms with E-state index < -0.39 is 5.97 Å². The smallest absolute Gasteiger partial charge is 0.307 e. The first-order valence-electron chi connectivity index (χ1n) is 6.34. The zero-order valence-corrected chi connectivity index (χ0v) is 11.2. The van der Waals surface area contributed by atoms with Gasteiger partial charge in [0.05, 0.1) is 18.3 Å². The van der Waals surface area contributed by atoms with Crippen molar-refractivity contribution in [1.29, 1.82) is 0 Å². The van der Waals surface area contributed by atoms with Crippen molar-refractivity contribution in [3.63, 3.8) is 0 Å². The summed E-state index contributed by atoms with van der Waals surface area (Å²) < 4.78 is 0. The minimum Gasteiger partial charge on any atom is -0.481 e. The molecule has 0 fully saturated rings. The second-order valence-electron chi connectivity index (χ2n) is 4.50. The average molecular weight is 285 g/mol. The van der Waals surface area contributed by atoms with Crippen molar-refractivity contribution in [2.24, 2.45) is 0 Å². The summed E-state index contributed by atoms with van der Waals surface area (Å²) in [6.45, 7) is 0.244. The highest BCUT2D eigenvalue weighted by atomic mass is 16.4. The van der Waals surface area contributed by atoms with Crippen molar-refractivity contribution in [2.75, 3.05) is 5.73 Å². The maximum Gasteiger partial charge on any atom is 0.307 e. The van der Waals surface area contributed by atoms with Crippen LogP contribution in [0.2, 0.25) is 0 Å². The van der Waals surface area contributed by atoms with Crippen LogP contribution in [-0.4, -0.2) is 22.0 Å². The number of benzene rings is 1. The topological polar surface area (TPSA) is 105 Å². The summed E-state index contributed by atoms with van der Waals surface area (Å²) >= 11 is 0. The highest BCUT2D eigenvalue weighted by molar-refractivity contribution is 5.92. The molecule has 21 heavy (non-hydrogen) atoms. The van der Waals surface area contributed by atoms with Crippen LogP contribution in [0.25, 0.3) is 0 Å². The number of nitrogens with one attached hydrogen (secondary N) is 1. The number of carbonyl (C=O) groups excluding carboxylic acids is 1. The number of anilines is 1. The Bertz CT molecular complexity index is 653. The largest absolute Gasteiger partial charge is 0.481 e. The number of aromatic nitrogens is 1. The molecule has 0 aliphatic carbocycles. The number of pyridine rings is 1. The molecule has 4 N–H and O–H groups in total. The molecular formula is C15H15N3O3. The molecule has 1 amide bonds. The molecule has 0 saturated heterocycles. The van der Waals surface area contributed by atoms with E-state index in [9.17, 15) is 9.59 Å². The van der Waals surface area contributed by atoms with Crippen molar-refractivity contribution in [3.05, 3.63) is 59.4 Å². The number of hydrogen-bond acceptors (Lipinski definition) is 4. The predicted molar refractivity (Wildman–Crippen MR) is 77.6 cm³/mol. The van der Waals surface area contributed by atoms with Gasteiger partial charge < -0.3 is 16.2 Å². The van der Waals surface area contributed by atoms with E-state index in [1.165, 1.54) is 12.3 Å². The number of rotatable bonds is 5. The second kappa shape index (κ2) is 6.51. The van der Waals surface area contributed by atoms with Crippen LogP contribution in [-0.2, 0) is 17.8 Å². The van der Waals surface area contributed by atoms with Crippen molar-refractivity contribution in [1.82, 2.24) is 10.3 Å². The number of nitrogens with zero attached hydrogens (tertiary/aromatic N) is 1. The molecule has 0 aliphatic heterocycles. The van der Waals surface area contributed by atoms with E-state index in [0.29, 0.717) is 11.3 Å². The third-order valence-electron chi connectivity index (χ3n) is 2.92. The Labute approximate surface area is 121 Å². The van der Waals surface area contributed by atoms with Gasteiger partial charge in [-0.25, -0.2) is 4.98 Å². The number of carbonyl (C=O) groups is 2. The molecule has 0 spiro atoms. The Kier molecular flexibility index (Phi) is 4.50. The molecule has 1 aromatic carbocycles. The third-order valence-corrected chi connectivity index (χ3v) is 2.92. The van der Waals surface area contributed by atoms with E-state index in [4.69, 9.17) is 10.8 Å². The van der Waals surface area contributed by atoms with Gasteiger partial charge in [0, 0.05) is 6.54 Å². The van der Waals surface area contributed by atoms with Crippen LogP contribution in [0.1, 0.15) is 21.6 Å². The fraction of sp³-hybridized carbons (Fsp3) is 0.133. The van der Waals surface area contributed by atoms with Gasteiger partial charge in [0.15, 0.2) is 0 Å². The molecule has 0 aliphatic rings. The van der Waals surface area contributed by atoms with E-state index in [2.05, 4.69) is 10.3 Å². The van der Waals surface area contributed by atoms with E-state index in [1.807, 2.05) is 0 Å². The second-order valence-corrected chi connectivity index (χ2v) is 4.50. The Morgan fingerprint density at radius 2 is 1.86 bits per heavy atom. The van der Waals surface area contributed by atoms with Gasteiger partial charge in [-0.3, -0.25) is 9.59 Å². The summed E-state index contributed by atoms with van der Waals surface area (Å²) in [4.78, 5) is 26.7. The van der Waals surface area contributed by atoms with Crippen LogP contribution in [0.3, 0.4) is 0 Å². The minimum absolute atomic E-state index is 0.0772. The van der Waals surface area contributed by atoms with Gasteiger partial charge in [-0.1, -0.05) is 24.3 Å². The Morgan fingerprint density at radius 3 is 2.48 bits per heavy atom. The van der Waals surface area contributed by atoms with E-state index in [-0.39, 0.29) is 24.6 Å². The van der Waals surface area contributed by atoms with Crippen LogP contribution in [0.5, 0.6) is 0 Å². The van der Waals surface area contributed by atoms with Crippen LogP contribution in [0.15, 0.2) is 42.6 Å². The molecular weight excluding hydrogens is 270 g/mol. The lowest BCUT2D eigenvalue weighted by atomic mass is 10.0. The lowest BCUT2D eigenvalue weighted by Gasteiger charge is -2.09. The third kappa shape index (κ3) is 4.04. The molecule has 0 atom stereocenters. The fourth-order valence-electron chi connectivity index (χ4n) is 1.87. The number of nitrogens with two attached hydrogens (primary N) is 1. The van der Waals surface area contributed by atoms with Crippen molar-refractivity contribution < 1.29 is 14.7 Å². The number of amides is 1. The van der Waals surface area contributed by atoms with Gasteiger partial charge in [-0.05, 0) is 23.3 Å². The Hall–Kier alpha value is -2.89. The maximum atomic E-state index is 11.9. The van der Waals surface area contributed by atoms with E-state index in [0.717, 1.165) is 5.56 Å². The highest BCUT2D eigenvalue weighted by Crippen LogP contribution is 2.10. The summed E-state index contributed by atoms with van der Waals surface area (Å²) in [5.74, 6) is -1.24. The number of carboxylic acid groups (broad SMARTS) is 1. The molecule has 1 aromatic heterocycles. The molecule has 0 saturated carbocycles. The molecule has 0 unspecified atom stereocenters. The number of carboxylic acids is 1. The molecule has 0 bridgehead atoms. The number of hydrogen-bond donors (Lipinski definition) is 3. The maximum absolute atomic E-state index is 11.9. The van der Waals surface area contributed by atoms with Crippen LogP contribution in [0.4, 0.5) is 5.69 Å². The Morgan fingerprint density at radius 1 is 1.14 bits per heavy atom. The average Bonchev–Trinajstić information content (AvgIpc) is 2.46. The quantitative estimate of drug-likeness (QED) is 0.766. The van der Waals surface area contributed by atoms with Gasteiger partial charge in [-0.2, -0.15) is 0 Å². The van der Waals surface area contributed by atoms with Crippen LogP contribution in [0, 0.1) is 0 Å². The fourth-order valence-corrected chi connectivity index (χ4v) is 1.87. The summed E-state index contributed by atoms with van der Waals surface area (Å²) in [6, 6.07) is 10.2. The molecule has 108 valence electrons. The molecule has 1 heterocycles. The van der Waals surface area contributed by atoms with Crippen molar-refractivity contribution in [2.45, 2.75) is 13.0 Å². The zero-order chi connectivity index (χ0) is 15.2. The van der Waals surface area contributed by atoms with Gasteiger partial charge in [0.25, 0.3) is 5.91 Å². The summed E-state index contributed by atoms with van der Waals surface area (Å²) in [7, 11) is 0. The minimum atomic E-state index is -0.908. The van der Waals surface area contributed by atoms with Gasteiger partial charge >= 0.3 is 5.97 Å². The standard InChI is InChI=1S/C15H15N3O3/c16-12-5-6-13(17-9-12)15(21)18-8-11-4-2-1-3-10(11)7-14(19)20/h1-6,9H,7-8,16H2,(H,18,21)(H,19,20). The summed E-state index contributed by atoms with van der Waals surface area (Å²) in [5.41, 5.74) is 7.70. The van der Waals surface area contributed by atoms with Crippen molar-refractivity contribution >= 4 is 17.6 Å². The normalized spacial score (nSPS) is 10.1. The first-order chi connectivity index (χ1) is 10.1. The molecule has 2 rings (SSSR count). The van der Waals surface area contributed by atoms with E-state index in [1.54, 1.807) is 30.3 Å². The molecule has 2 aromatic rings. The molecule has 6 nitrogen and oxygen atoms in total. The summed E-state index contributed by atoms with van der Waals surface area (Å²) in [6.07, 6.45) is 1.33. The van der Waals surface area contributed by atoms with Gasteiger partial charge in [0.2, 0.25) is 0 Å².